The van der Waals surface area contributed by atoms with Crippen molar-refractivity contribution in [1.29, 1.82) is 0 Å². The van der Waals surface area contributed by atoms with Crippen molar-refractivity contribution in [2.75, 3.05) is 11.1 Å². The smallest absolute Gasteiger partial charge is 0.220 e. The Bertz CT molecular complexity index is 583. The Morgan fingerprint density at radius 3 is 2.77 bits per heavy atom. The lowest BCUT2D eigenvalue weighted by atomic mass is 9.85. The molecule has 0 aromatic heterocycles. The van der Waals surface area contributed by atoms with Crippen LogP contribution in [0.3, 0.4) is 0 Å². The van der Waals surface area contributed by atoms with Gasteiger partial charge in [-0.15, -0.1) is 0 Å². The summed E-state index contributed by atoms with van der Waals surface area (Å²) in [6.07, 6.45) is 4.76. The average Bonchev–Trinajstić information content (AvgIpc) is 2.49. The molecule has 1 amide bonds. The van der Waals surface area contributed by atoms with Gasteiger partial charge in [0.25, 0.3) is 0 Å². The molecule has 7 heteroatoms. The summed E-state index contributed by atoms with van der Waals surface area (Å²) < 4.78 is 0. The lowest BCUT2D eigenvalue weighted by Crippen LogP contribution is -2.30. The first-order valence-corrected chi connectivity index (χ1v) is 7.32. The molecule has 118 valence electrons. The number of amides is 1. The number of anilines is 2. The zero-order valence-electron chi connectivity index (χ0n) is 12.4. The van der Waals surface area contributed by atoms with Crippen LogP contribution < -0.4 is 22.5 Å². The van der Waals surface area contributed by atoms with Crippen LogP contribution in [0.5, 0.6) is 0 Å². The number of carbonyl (C=O) groups is 1. The molecule has 1 fully saturated rings. The summed E-state index contributed by atoms with van der Waals surface area (Å²) in [5.74, 6) is -0.193. The number of nitrogens with zero attached hydrogens (tertiary/aromatic N) is 2. The standard InChI is InChI=1S/C15H22N6O/c16-12-6-1-2-7-13(12)19-9-20-15(18)21-11-5-3-4-10(8-11)14(17)22/h1-2,6-7,9-11H,3-5,8,16H2,(H2,17,22)(H3,18,19,20,21). The third kappa shape index (κ3) is 4.47. The molecule has 2 atom stereocenters. The van der Waals surface area contributed by atoms with Gasteiger partial charge in [-0.1, -0.05) is 18.6 Å². The molecule has 0 aliphatic heterocycles. The van der Waals surface area contributed by atoms with E-state index in [1.54, 1.807) is 6.07 Å². The van der Waals surface area contributed by atoms with E-state index in [9.17, 15) is 4.79 Å². The van der Waals surface area contributed by atoms with Gasteiger partial charge in [-0.2, -0.15) is 0 Å². The van der Waals surface area contributed by atoms with Gasteiger partial charge >= 0.3 is 0 Å². The molecule has 0 saturated heterocycles. The van der Waals surface area contributed by atoms with Gasteiger partial charge in [0.05, 0.1) is 23.8 Å². The fourth-order valence-corrected chi connectivity index (χ4v) is 2.56. The molecule has 0 heterocycles. The minimum Gasteiger partial charge on any atom is -0.397 e. The summed E-state index contributed by atoms with van der Waals surface area (Å²) in [4.78, 5) is 19.6. The van der Waals surface area contributed by atoms with Crippen LogP contribution in [0.25, 0.3) is 0 Å². The number of nitrogen functional groups attached to an aromatic ring is 1. The molecule has 1 aliphatic rings. The summed E-state index contributed by atoms with van der Waals surface area (Å²) in [6.45, 7) is 0. The second kappa shape index (κ2) is 7.44. The van der Waals surface area contributed by atoms with Gasteiger partial charge < -0.3 is 22.5 Å². The second-order valence-corrected chi connectivity index (χ2v) is 5.40. The predicted molar refractivity (Wildman–Crippen MR) is 89.5 cm³/mol. The van der Waals surface area contributed by atoms with Gasteiger partial charge in [-0.05, 0) is 31.4 Å². The van der Waals surface area contributed by atoms with Crippen LogP contribution in [0.2, 0.25) is 0 Å². The van der Waals surface area contributed by atoms with Gasteiger partial charge in [0.1, 0.15) is 0 Å². The highest BCUT2D eigenvalue weighted by Crippen LogP contribution is 2.26. The van der Waals surface area contributed by atoms with E-state index in [1.807, 2.05) is 18.2 Å². The average molecular weight is 302 g/mol. The Kier molecular flexibility index (Phi) is 5.35. The number of hydrogen-bond acceptors (Lipinski definition) is 3. The van der Waals surface area contributed by atoms with E-state index in [-0.39, 0.29) is 23.8 Å². The topological polar surface area (TPSA) is 132 Å². The maximum Gasteiger partial charge on any atom is 0.220 e. The molecule has 7 N–H and O–H groups in total. The van der Waals surface area contributed by atoms with Crippen LogP contribution in [-0.4, -0.2) is 24.2 Å². The molecule has 0 bridgehead atoms. The quantitative estimate of drug-likeness (QED) is 0.376. The number of hydrogen-bond donors (Lipinski definition) is 4. The number of primary amides is 1. The number of nitrogens with one attached hydrogen (secondary N) is 1. The largest absolute Gasteiger partial charge is 0.397 e. The maximum absolute atomic E-state index is 11.2. The predicted octanol–water partition coefficient (Wildman–Crippen LogP) is 1.07. The first kappa shape index (κ1) is 15.8. The van der Waals surface area contributed by atoms with Crippen LogP contribution >= 0.6 is 0 Å². The monoisotopic (exact) mass is 302 g/mol. The van der Waals surface area contributed by atoms with Crippen molar-refractivity contribution in [3.05, 3.63) is 24.3 Å². The first-order chi connectivity index (χ1) is 10.6. The van der Waals surface area contributed by atoms with Crippen molar-refractivity contribution < 1.29 is 4.79 Å². The van der Waals surface area contributed by atoms with Gasteiger partial charge in [0, 0.05) is 5.92 Å². The zero-order valence-corrected chi connectivity index (χ0v) is 12.4. The Labute approximate surface area is 129 Å². The maximum atomic E-state index is 11.2. The molecule has 2 rings (SSSR count). The fraction of sp³-hybridized carbons (Fsp3) is 0.400. The molecule has 0 spiro atoms. The van der Waals surface area contributed by atoms with Crippen LogP contribution in [0.1, 0.15) is 25.7 Å². The Hall–Kier alpha value is -2.57. The summed E-state index contributed by atoms with van der Waals surface area (Å²) in [5, 5.41) is 2.96. The molecule has 1 aromatic carbocycles. The van der Waals surface area contributed by atoms with Crippen molar-refractivity contribution in [3.63, 3.8) is 0 Å². The number of para-hydroxylation sites is 2. The molecular formula is C15H22N6O. The summed E-state index contributed by atoms with van der Waals surface area (Å²) >= 11 is 0. The lowest BCUT2D eigenvalue weighted by Gasteiger charge is -2.24. The third-order valence-corrected chi connectivity index (χ3v) is 3.74. The molecular weight excluding hydrogens is 280 g/mol. The van der Waals surface area contributed by atoms with E-state index in [1.165, 1.54) is 6.34 Å². The van der Waals surface area contributed by atoms with E-state index < -0.39 is 0 Å². The van der Waals surface area contributed by atoms with E-state index in [0.29, 0.717) is 12.1 Å². The number of carbonyl (C=O) groups excluding carboxylic acids is 1. The minimum absolute atomic E-state index is 0.00481. The van der Waals surface area contributed by atoms with Crippen molar-refractivity contribution in [2.45, 2.75) is 31.7 Å². The summed E-state index contributed by atoms with van der Waals surface area (Å²) in [7, 11) is 0. The Balaban J connectivity index is 1.90. The molecule has 0 radical (unpaired) electrons. The van der Waals surface area contributed by atoms with Crippen LogP contribution in [0, 0.1) is 5.92 Å². The van der Waals surface area contributed by atoms with Crippen molar-refractivity contribution >= 4 is 29.6 Å². The van der Waals surface area contributed by atoms with Crippen LogP contribution in [0.15, 0.2) is 34.3 Å². The molecule has 1 saturated carbocycles. The molecule has 1 aromatic rings. The van der Waals surface area contributed by atoms with Gasteiger partial charge in [0.2, 0.25) is 11.9 Å². The van der Waals surface area contributed by atoms with Gasteiger partial charge in [0.15, 0.2) is 0 Å². The highest BCUT2D eigenvalue weighted by molar-refractivity contribution is 5.92. The first-order valence-electron chi connectivity index (χ1n) is 7.32. The normalized spacial score (nSPS) is 22.6. The molecule has 22 heavy (non-hydrogen) atoms. The van der Waals surface area contributed by atoms with E-state index in [2.05, 4.69) is 15.3 Å². The number of rotatable bonds is 4. The highest BCUT2D eigenvalue weighted by atomic mass is 16.1. The summed E-state index contributed by atoms with van der Waals surface area (Å²) in [5.41, 5.74) is 18.3. The zero-order chi connectivity index (χ0) is 15.9. The second-order valence-electron chi connectivity index (χ2n) is 5.40. The van der Waals surface area contributed by atoms with Gasteiger partial charge in [-0.3, -0.25) is 4.79 Å². The van der Waals surface area contributed by atoms with Gasteiger partial charge in [-0.25, -0.2) is 9.98 Å². The highest BCUT2D eigenvalue weighted by Gasteiger charge is 2.25. The SMILES string of the molecule is NC(=O)C1CCCC(N=C(N)N=CNc2ccccc2N)C1. The Morgan fingerprint density at radius 1 is 1.27 bits per heavy atom. The van der Waals surface area contributed by atoms with E-state index in [4.69, 9.17) is 17.2 Å². The van der Waals surface area contributed by atoms with Crippen LogP contribution in [0.4, 0.5) is 11.4 Å². The molecule has 1 aliphatic carbocycles. The number of aliphatic imine (C=N–C) groups is 2. The summed E-state index contributed by atoms with van der Waals surface area (Å²) in [6, 6.07) is 7.36. The molecule has 2 unspecified atom stereocenters. The fourth-order valence-electron chi connectivity index (χ4n) is 2.56. The van der Waals surface area contributed by atoms with Crippen molar-refractivity contribution in [3.8, 4) is 0 Å². The number of nitrogens with two attached hydrogens (primary N) is 3. The van der Waals surface area contributed by atoms with Crippen LogP contribution in [-0.2, 0) is 4.79 Å². The lowest BCUT2D eigenvalue weighted by molar-refractivity contribution is -0.122. The third-order valence-electron chi connectivity index (χ3n) is 3.74. The number of benzene rings is 1. The number of guanidine groups is 1. The minimum atomic E-state index is -0.261. The van der Waals surface area contributed by atoms with E-state index >= 15 is 0 Å². The van der Waals surface area contributed by atoms with E-state index in [0.717, 1.165) is 24.9 Å². The Morgan fingerprint density at radius 2 is 2.05 bits per heavy atom. The molecule has 7 nitrogen and oxygen atoms in total. The van der Waals surface area contributed by atoms with Crippen molar-refractivity contribution in [1.82, 2.24) is 0 Å². The van der Waals surface area contributed by atoms with Crippen molar-refractivity contribution in [2.24, 2.45) is 27.4 Å².